The number of hydrogen-bond donors (Lipinski definition) is 0. The molecule has 2 aliphatic heterocycles. The molecular formula is C21H29NO4S. The number of ketones is 1. The van der Waals surface area contributed by atoms with Crippen LogP contribution < -0.4 is 0 Å². The largest absolute Gasteiger partial charge is 0.483 e. The molecule has 0 bridgehead atoms. The number of benzene rings is 1. The maximum Gasteiger partial charge on any atom is 0.243 e. The van der Waals surface area contributed by atoms with E-state index in [2.05, 4.69) is 0 Å². The first-order valence-corrected chi connectivity index (χ1v) is 10.8. The second kappa shape index (κ2) is 6.17. The van der Waals surface area contributed by atoms with E-state index in [4.69, 9.17) is 4.74 Å². The van der Waals surface area contributed by atoms with Crippen LogP contribution in [0.5, 0.6) is 0 Å². The fourth-order valence-corrected chi connectivity index (χ4v) is 5.61. The number of fused-ring (bicyclic) bond motifs is 1. The summed E-state index contributed by atoms with van der Waals surface area (Å²) in [5, 5.41) is 0. The zero-order chi connectivity index (χ0) is 20.3. The van der Waals surface area contributed by atoms with Crippen molar-refractivity contribution in [1.82, 2.24) is 4.31 Å². The van der Waals surface area contributed by atoms with E-state index in [9.17, 15) is 13.2 Å². The molecule has 0 aromatic heterocycles. The maximum atomic E-state index is 13.2. The molecule has 6 heteroatoms. The van der Waals surface area contributed by atoms with Crippen LogP contribution in [0.25, 0.3) is 0 Å². The number of nitrogens with zero attached hydrogens (tertiary/aromatic N) is 1. The molecule has 0 saturated carbocycles. The van der Waals surface area contributed by atoms with Crippen molar-refractivity contribution >= 4 is 15.8 Å². The summed E-state index contributed by atoms with van der Waals surface area (Å²) in [4.78, 5) is 12.9. The highest BCUT2D eigenvalue weighted by Crippen LogP contribution is 2.53. The van der Waals surface area contributed by atoms with Crippen molar-refractivity contribution < 1.29 is 17.9 Å². The van der Waals surface area contributed by atoms with E-state index in [1.807, 2.05) is 40.7 Å². The first-order chi connectivity index (χ1) is 12.3. The second-order valence-electron chi connectivity index (χ2n) is 9.06. The van der Waals surface area contributed by atoms with E-state index in [0.717, 1.165) is 11.3 Å². The van der Waals surface area contributed by atoms with Crippen molar-refractivity contribution in [2.24, 2.45) is 10.8 Å². The Kier molecular flexibility index (Phi) is 4.59. The van der Waals surface area contributed by atoms with Crippen LogP contribution in [0.4, 0.5) is 0 Å². The Labute approximate surface area is 162 Å². The lowest BCUT2D eigenvalue weighted by molar-refractivity contribution is -0.153. The van der Waals surface area contributed by atoms with Gasteiger partial charge in [-0.1, -0.05) is 45.4 Å². The summed E-state index contributed by atoms with van der Waals surface area (Å²) in [6.07, 6.45) is 2.32. The van der Waals surface area contributed by atoms with Crippen molar-refractivity contribution in [3.05, 3.63) is 41.7 Å². The number of sulfonamides is 1. The molecule has 0 aliphatic carbocycles. The third kappa shape index (κ3) is 3.13. The van der Waals surface area contributed by atoms with Crippen molar-refractivity contribution in [1.29, 1.82) is 0 Å². The number of Topliss-reactive ketones (excluding diaryl/α,β-unsaturated/α-hetero) is 1. The minimum absolute atomic E-state index is 0.0483. The van der Waals surface area contributed by atoms with Crippen molar-refractivity contribution in [3.8, 4) is 0 Å². The van der Waals surface area contributed by atoms with E-state index in [1.165, 1.54) is 4.31 Å². The first kappa shape index (κ1) is 20.1. The van der Waals surface area contributed by atoms with Gasteiger partial charge in [0.1, 0.15) is 0 Å². The summed E-state index contributed by atoms with van der Waals surface area (Å²) < 4.78 is 34.1. The smallest absolute Gasteiger partial charge is 0.243 e. The van der Waals surface area contributed by atoms with Gasteiger partial charge in [0.2, 0.25) is 10.0 Å². The molecule has 0 unspecified atom stereocenters. The van der Waals surface area contributed by atoms with Gasteiger partial charge < -0.3 is 4.74 Å². The van der Waals surface area contributed by atoms with Gasteiger partial charge in [-0.15, -0.1) is 0 Å². The molecule has 0 N–H and O–H groups in total. The lowest BCUT2D eigenvalue weighted by Gasteiger charge is -2.47. The lowest BCUT2D eigenvalue weighted by atomic mass is 9.68. The average molecular weight is 392 g/mol. The molecule has 5 nitrogen and oxygen atoms in total. The van der Waals surface area contributed by atoms with E-state index < -0.39 is 21.0 Å². The molecule has 1 fully saturated rings. The van der Waals surface area contributed by atoms with E-state index in [0.29, 0.717) is 6.42 Å². The first-order valence-electron chi connectivity index (χ1n) is 9.32. The highest BCUT2D eigenvalue weighted by atomic mass is 32.2. The minimum Gasteiger partial charge on any atom is -0.483 e. The molecule has 0 amide bonds. The molecule has 148 valence electrons. The number of ether oxygens (including phenoxy) is 1. The second-order valence-corrected chi connectivity index (χ2v) is 11.0. The van der Waals surface area contributed by atoms with Crippen LogP contribution in [0, 0.1) is 17.8 Å². The molecule has 27 heavy (non-hydrogen) atoms. The van der Waals surface area contributed by atoms with Gasteiger partial charge in [0.05, 0.1) is 10.7 Å². The quantitative estimate of drug-likeness (QED) is 0.788. The zero-order valence-corrected chi connectivity index (χ0v) is 17.8. The number of rotatable bonds is 3. The highest BCUT2D eigenvalue weighted by Gasteiger charge is 2.62. The summed E-state index contributed by atoms with van der Waals surface area (Å²) in [6, 6.07) is 6.88. The summed E-state index contributed by atoms with van der Waals surface area (Å²) in [6.45, 7) is 12.0. The fourth-order valence-electron chi connectivity index (χ4n) is 4.06. The average Bonchev–Trinajstić information content (AvgIpc) is 2.89. The third-order valence-electron chi connectivity index (χ3n) is 5.84. The predicted molar refractivity (Wildman–Crippen MR) is 105 cm³/mol. The predicted octanol–water partition coefficient (Wildman–Crippen LogP) is 3.68. The fraction of sp³-hybridized carbons (Fsp3) is 0.571. The maximum absolute atomic E-state index is 13.2. The van der Waals surface area contributed by atoms with Crippen LogP contribution in [0.2, 0.25) is 0 Å². The van der Waals surface area contributed by atoms with E-state index in [1.54, 1.807) is 31.2 Å². The van der Waals surface area contributed by atoms with Crippen LogP contribution in [-0.4, -0.2) is 37.2 Å². The van der Waals surface area contributed by atoms with Gasteiger partial charge in [-0.3, -0.25) is 4.79 Å². The Morgan fingerprint density at radius 3 is 2.30 bits per heavy atom. The van der Waals surface area contributed by atoms with Gasteiger partial charge in [-0.05, 0) is 32.1 Å². The summed E-state index contributed by atoms with van der Waals surface area (Å²) in [5.74, 6) is 0.711. The van der Waals surface area contributed by atoms with Crippen molar-refractivity contribution in [2.75, 3.05) is 13.1 Å². The van der Waals surface area contributed by atoms with Gasteiger partial charge in [0.25, 0.3) is 0 Å². The Bertz CT molecular complexity index is 895. The minimum atomic E-state index is -3.62. The van der Waals surface area contributed by atoms with Gasteiger partial charge >= 0.3 is 0 Å². The molecule has 0 radical (unpaired) electrons. The Morgan fingerprint density at radius 1 is 1.19 bits per heavy atom. The SMILES string of the molecule is CC(=O)[C@@]12CCN(S(=O)(=O)c3ccc(C)cc3)C[C@]1(C)C=C(C(C)(C)C)O2. The molecule has 3 rings (SSSR count). The number of allylic oxidation sites excluding steroid dienone is 1. The van der Waals surface area contributed by atoms with Gasteiger partial charge in [-0.2, -0.15) is 4.31 Å². The Hall–Kier alpha value is -1.66. The number of hydrogen-bond acceptors (Lipinski definition) is 4. The van der Waals surface area contributed by atoms with Crippen LogP contribution in [0.1, 0.15) is 46.6 Å². The van der Waals surface area contributed by atoms with Crippen LogP contribution >= 0.6 is 0 Å². The van der Waals surface area contributed by atoms with E-state index in [-0.39, 0.29) is 29.2 Å². The monoisotopic (exact) mass is 391 g/mol. The summed E-state index contributed by atoms with van der Waals surface area (Å²) >= 11 is 0. The molecule has 2 atom stereocenters. The number of carbonyl (C=O) groups excluding carboxylic acids is 1. The molecule has 1 aromatic rings. The zero-order valence-electron chi connectivity index (χ0n) is 17.0. The van der Waals surface area contributed by atoms with Gasteiger partial charge in [0, 0.05) is 30.3 Å². The van der Waals surface area contributed by atoms with Crippen LogP contribution in [0.15, 0.2) is 41.0 Å². The van der Waals surface area contributed by atoms with Crippen molar-refractivity contribution in [3.63, 3.8) is 0 Å². The molecule has 1 saturated heterocycles. The van der Waals surface area contributed by atoms with Crippen molar-refractivity contribution in [2.45, 2.75) is 58.5 Å². The third-order valence-corrected chi connectivity index (χ3v) is 7.70. The Morgan fingerprint density at radius 2 is 1.78 bits per heavy atom. The normalized spacial score (nSPS) is 29.0. The summed E-state index contributed by atoms with van der Waals surface area (Å²) in [7, 11) is -3.62. The summed E-state index contributed by atoms with van der Waals surface area (Å²) in [5.41, 5.74) is -0.923. The molecule has 0 spiro atoms. The van der Waals surface area contributed by atoms with Gasteiger partial charge in [-0.25, -0.2) is 8.42 Å². The van der Waals surface area contributed by atoms with E-state index >= 15 is 0 Å². The number of carbonyl (C=O) groups is 1. The standard InChI is InChI=1S/C21H29NO4S/c1-15-7-9-17(10-8-15)27(24,25)22-12-11-21(16(2)23)20(6,14-22)13-18(26-21)19(3,4)5/h7-10,13H,11-12,14H2,1-6H3/t20-,21-/m0/s1. The van der Waals surface area contributed by atoms with Crippen LogP contribution in [0.3, 0.4) is 0 Å². The molecule has 2 heterocycles. The lowest BCUT2D eigenvalue weighted by Crippen LogP contribution is -2.61. The highest BCUT2D eigenvalue weighted by molar-refractivity contribution is 7.89. The molecule has 2 aliphatic rings. The Balaban J connectivity index is 2.00. The number of aryl methyl sites for hydroxylation is 1. The topological polar surface area (TPSA) is 63.7 Å². The molecular weight excluding hydrogens is 362 g/mol. The van der Waals surface area contributed by atoms with Crippen LogP contribution in [-0.2, 0) is 19.6 Å². The molecule has 1 aromatic carbocycles. The number of piperidine rings is 1. The van der Waals surface area contributed by atoms with Gasteiger partial charge in [0.15, 0.2) is 11.4 Å².